The lowest BCUT2D eigenvalue weighted by molar-refractivity contribution is -0.132. The highest BCUT2D eigenvalue weighted by Crippen LogP contribution is 2.16. The molecule has 7 heteroatoms. The van der Waals surface area contributed by atoms with Crippen molar-refractivity contribution in [3.63, 3.8) is 0 Å². The second-order valence-corrected chi connectivity index (χ2v) is 8.36. The molecule has 0 aromatic heterocycles. The Morgan fingerprint density at radius 1 is 1.08 bits per heavy atom. The highest BCUT2D eigenvalue weighted by molar-refractivity contribution is 7.91. The summed E-state index contributed by atoms with van der Waals surface area (Å²) in [6.45, 7) is 1.22. The van der Waals surface area contributed by atoms with Crippen LogP contribution in [0.4, 0.5) is 0 Å². The number of hydrogen-bond acceptors (Lipinski definition) is 4. The predicted octanol–water partition coefficient (Wildman–Crippen LogP) is 3.18. The minimum Gasteiger partial charge on any atom is -0.383 e. The number of amides is 1. The van der Waals surface area contributed by atoms with E-state index < -0.39 is 9.84 Å². The summed E-state index contributed by atoms with van der Waals surface area (Å²) in [6, 6.07) is 15.5. The summed E-state index contributed by atoms with van der Waals surface area (Å²) in [5.74, 6) is -0.463. The van der Waals surface area contributed by atoms with Gasteiger partial charge in [0, 0.05) is 31.6 Å². The first-order chi connectivity index (χ1) is 12.4. The van der Waals surface area contributed by atoms with Crippen LogP contribution in [0, 0.1) is 0 Å². The minimum absolute atomic E-state index is 0.0818. The maximum atomic E-state index is 12.6. The first kappa shape index (κ1) is 20.4. The first-order valence-corrected chi connectivity index (χ1v) is 10.2. The summed E-state index contributed by atoms with van der Waals surface area (Å²) in [4.78, 5) is 14.4. The largest absolute Gasteiger partial charge is 0.383 e. The molecule has 2 aromatic rings. The fraction of sp³-hybridized carbons (Fsp3) is 0.316. The Hall–Kier alpha value is -1.89. The molecule has 1 amide bonds. The predicted molar refractivity (Wildman–Crippen MR) is 102 cm³/mol. The molecule has 0 radical (unpaired) electrons. The van der Waals surface area contributed by atoms with Crippen LogP contribution >= 0.6 is 11.6 Å². The molecule has 0 atom stereocenters. The highest BCUT2D eigenvalue weighted by Gasteiger charge is 2.20. The van der Waals surface area contributed by atoms with Crippen LogP contribution in [0.5, 0.6) is 0 Å². The van der Waals surface area contributed by atoms with Crippen LogP contribution < -0.4 is 0 Å². The van der Waals surface area contributed by atoms with Crippen molar-refractivity contribution in [3.8, 4) is 0 Å². The molecular formula is C19H22ClNO4S. The van der Waals surface area contributed by atoms with Gasteiger partial charge in [0.15, 0.2) is 9.84 Å². The lowest BCUT2D eigenvalue weighted by Gasteiger charge is -2.22. The minimum atomic E-state index is -3.54. The Balaban J connectivity index is 2.02. The maximum Gasteiger partial charge on any atom is 0.223 e. The molecule has 0 unspecified atom stereocenters. The molecule has 0 aliphatic rings. The van der Waals surface area contributed by atoms with Gasteiger partial charge >= 0.3 is 0 Å². The Labute approximate surface area is 159 Å². The van der Waals surface area contributed by atoms with E-state index >= 15 is 0 Å². The van der Waals surface area contributed by atoms with Crippen molar-refractivity contribution in [3.05, 3.63) is 65.2 Å². The summed E-state index contributed by atoms with van der Waals surface area (Å²) in [7, 11) is -1.97. The van der Waals surface area contributed by atoms with Crippen molar-refractivity contribution in [2.75, 3.05) is 26.0 Å². The molecule has 5 nitrogen and oxygen atoms in total. The number of hydrogen-bond donors (Lipinski definition) is 0. The van der Waals surface area contributed by atoms with Gasteiger partial charge < -0.3 is 9.64 Å². The molecule has 0 aliphatic carbocycles. The molecule has 2 rings (SSSR count). The van der Waals surface area contributed by atoms with Crippen LogP contribution in [0.1, 0.15) is 12.0 Å². The van der Waals surface area contributed by atoms with Gasteiger partial charge in [0.1, 0.15) is 0 Å². The smallest absolute Gasteiger partial charge is 0.223 e. The van der Waals surface area contributed by atoms with Gasteiger partial charge in [0.2, 0.25) is 5.91 Å². The van der Waals surface area contributed by atoms with Crippen LogP contribution in [-0.2, 0) is 25.9 Å². The third-order valence-electron chi connectivity index (χ3n) is 3.89. The molecule has 0 saturated carbocycles. The summed E-state index contributed by atoms with van der Waals surface area (Å²) >= 11 is 5.79. The molecule has 0 heterocycles. The standard InChI is InChI=1S/C19H22ClNO4S/c1-25-13-12-21(15-16-5-3-2-4-6-16)19(22)11-14-26(23,24)18-9-7-17(20)8-10-18/h2-10H,11-15H2,1H3. The highest BCUT2D eigenvalue weighted by atomic mass is 35.5. The average Bonchev–Trinajstić information content (AvgIpc) is 2.64. The zero-order chi connectivity index (χ0) is 19.0. The third kappa shape index (κ3) is 6.12. The maximum absolute atomic E-state index is 12.6. The zero-order valence-corrected chi connectivity index (χ0v) is 16.2. The van der Waals surface area contributed by atoms with Gasteiger partial charge in [0.05, 0.1) is 17.3 Å². The normalized spacial score (nSPS) is 11.3. The third-order valence-corrected chi connectivity index (χ3v) is 5.88. The quantitative estimate of drug-likeness (QED) is 0.654. The topological polar surface area (TPSA) is 63.7 Å². The molecular weight excluding hydrogens is 374 g/mol. The lowest BCUT2D eigenvalue weighted by Crippen LogP contribution is -2.34. The molecule has 0 fully saturated rings. The molecule has 0 aliphatic heterocycles. The molecule has 26 heavy (non-hydrogen) atoms. The van der Waals surface area contributed by atoms with Crippen LogP contribution in [0.15, 0.2) is 59.5 Å². The fourth-order valence-corrected chi connectivity index (χ4v) is 3.79. The molecule has 0 N–H and O–H groups in total. The van der Waals surface area contributed by atoms with Crippen LogP contribution in [0.25, 0.3) is 0 Å². The summed E-state index contributed by atoms with van der Waals surface area (Å²) in [5.41, 5.74) is 0.984. The van der Waals surface area contributed by atoms with E-state index in [-0.39, 0.29) is 23.0 Å². The first-order valence-electron chi connectivity index (χ1n) is 8.21. The average molecular weight is 396 g/mol. The van der Waals surface area contributed by atoms with E-state index in [1.54, 1.807) is 12.0 Å². The second-order valence-electron chi connectivity index (χ2n) is 5.82. The van der Waals surface area contributed by atoms with Crippen molar-refractivity contribution in [1.29, 1.82) is 0 Å². The SMILES string of the molecule is COCCN(Cc1ccccc1)C(=O)CCS(=O)(=O)c1ccc(Cl)cc1. The van der Waals surface area contributed by atoms with Crippen LogP contribution in [0.3, 0.4) is 0 Å². The molecule has 0 bridgehead atoms. The van der Waals surface area contributed by atoms with E-state index in [9.17, 15) is 13.2 Å². The van der Waals surface area contributed by atoms with Gasteiger partial charge in [-0.05, 0) is 29.8 Å². The van der Waals surface area contributed by atoms with Gasteiger partial charge in [-0.1, -0.05) is 41.9 Å². The van der Waals surface area contributed by atoms with E-state index in [1.807, 2.05) is 30.3 Å². The summed E-state index contributed by atoms with van der Waals surface area (Å²) in [5, 5.41) is 0.466. The Morgan fingerprint density at radius 2 is 1.73 bits per heavy atom. The number of nitrogens with zero attached hydrogens (tertiary/aromatic N) is 1. The molecule has 2 aromatic carbocycles. The van der Waals surface area contributed by atoms with E-state index in [1.165, 1.54) is 24.3 Å². The number of carbonyl (C=O) groups is 1. The fourth-order valence-electron chi connectivity index (χ4n) is 2.44. The van der Waals surface area contributed by atoms with Crippen molar-refractivity contribution < 1.29 is 17.9 Å². The second kappa shape index (κ2) is 9.71. The van der Waals surface area contributed by atoms with Gasteiger partial charge in [-0.3, -0.25) is 4.79 Å². The van der Waals surface area contributed by atoms with Gasteiger partial charge in [-0.25, -0.2) is 8.42 Å². The number of halogens is 1. The van der Waals surface area contributed by atoms with E-state index in [4.69, 9.17) is 16.3 Å². The van der Waals surface area contributed by atoms with E-state index in [2.05, 4.69) is 0 Å². The Bertz CT molecular complexity index is 807. The van der Waals surface area contributed by atoms with Crippen molar-refractivity contribution >= 4 is 27.3 Å². The monoisotopic (exact) mass is 395 g/mol. The van der Waals surface area contributed by atoms with Crippen LogP contribution in [0.2, 0.25) is 5.02 Å². The number of ether oxygens (including phenoxy) is 1. The Kier molecular flexibility index (Phi) is 7.63. The van der Waals surface area contributed by atoms with Crippen molar-refractivity contribution in [1.82, 2.24) is 4.90 Å². The van der Waals surface area contributed by atoms with Crippen LogP contribution in [-0.4, -0.2) is 45.2 Å². The lowest BCUT2D eigenvalue weighted by atomic mass is 10.2. The molecule has 0 saturated heterocycles. The Morgan fingerprint density at radius 3 is 2.35 bits per heavy atom. The number of rotatable bonds is 9. The van der Waals surface area contributed by atoms with Gasteiger partial charge in [-0.2, -0.15) is 0 Å². The number of benzene rings is 2. The van der Waals surface area contributed by atoms with Crippen molar-refractivity contribution in [2.45, 2.75) is 17.9 Å². The number of sulfone groups is 1. The van der Waals surface area contributed by atoms with Gasteiger partial charge in [0.25, 0.3) is 0 Å². The van der Waals surface area contributed by atoms with Gasteiger partial charge in [-0.15, -0.1) is 0 Å². The van der Waals surface area contributed by atoms with E-state index in [0.717, 1.165) is 5.56 Å². The van der Waals surface area contributed by atoms with E-state index in [0.29, 0.717) is 24.7 Å². The summed E-state index contributed by atoms with van der Waals surface area (Å²) < 4.78 is 29.9. The molecule has 0 spiro atoms. The van der Waals surface area contributed by atoms with Crippen molar-refractivity contribution in [2.24, 2.45) is 0 Å². The number of methoxy groups -OCH3 is 1. The number of carbonyl (C=O) groups excluding carboxylic acids is 1. The zero-order valence-electron chi connectivity index (χ0n) is 14.6. The summed E-state index contributed by atoms with van der Waals surface area (Å²) in [6.07, 6.45) is -0.0818. The molecule has 140 valence electrons.